The number of hydrogen-bond donors (Lipinski definition) is 2. The van der Waals surface area contributed by atoms with Crippen molar-refractivity contribution in [1.29, 1.82) is 0 Å². The molecule has 5 saturated carbocycles. The first-order valence-corrected chi connectivity index (χ1v) is 13.9. The Morgan fingerprint density at radius 1 is 1.00 bits per heavy atom. The Hall–Kier alpha value is -0.670. The minimum atomic E-state index is -0.277. The standard InChI is InChI=1S/C30H49NO2/c1-18(2)20-10-15-29(19(3)32)16-17-30(31)21(25(20)29)8-9-23-27(6)13-12-24(33)26(4,5)22(27)11-14-28(23,30)7/h19-23,25,32H,1,8-17,31H2,2-7H3/t19?,20-,21?,22?,23?,25?,27-,28+,29+,30-/m0/s1. The second kappa shape index (κ2) is 7.19. The van der Waals surface area contributed by atoms with Crippen LogP contribution >= 0.6 is 0 Å². The zero-order valence-electron chi connectivity index (χ0n) is 22.2. The summed E-state index contributed by atoms with van der Waals surface area (Å²) in [6.45, 7) is 18.2. The van der Waals surface area contributed by atoms with Gasteiger partial charge in [0.25, 0.3) is 0 Å². The van der Waals surface area contributed by atoms with Gasteiger partial charge in [-0.1, -0.05) is 39.8 Å². The van der Waals surface area contributed by atoms with Crippen molar-refractivity contribution in [2.24, 2.45) is 57.0 Å². The van der Waals surface area contributed by atoms with Crippen LogP contribution in [0.4, 0.5) is 0 Å². The summed E-state index contributed by atoms with van der Waals surface area (Å²) in [6, 6.07) is 0. The molecule has 10 atom stereocenters. The van der Waals surface area contributed by atoms with Crippen molar-refractivity contribution in [3.63, 3.8) is 0 Å². The molecule has 0 aromatic rings. The first-order chi connectivity index (χ1) is 15.3. The van der Waals surface area contributed by atoms with E-state index in [1.807, 2.05) is 6.92 Å². The number of allylic oxidation sites excluding steroid dienone is 1. The lowest BCUT2D eigenvalue weighted by atomic mass is 9.34. The number of Topliss-reactive ketones (excluding diaryl/α,β-unsaturated/α-hetero) is 1. The van der Waals surface area contributed by atoms with Crippen molar-refractivity contribution in [1.82, 2.24) is 0 Å². The molecule has 0 radical (unpaired) electrons. The highest BCUT2D eigenvalue weighted by Gasteiger charge is 2.71. The molecule has 3 heteroatoms. The zero-order chi connectivity index (χ0) is 24.2. The molecule has 5 unspecified atom stereocenters. The summed E-state index contributed by atoms with van der Waals surface area (Å²) >= 11 is 0. The Bertz CT molecular complexity index is 861. The van der Waals surface area contributed by atoms with Crippen LogP contribution in [0.5, 0.6) is 0 Å². The molecule has 0 bridgehead atoms. The third-order valence-corrected chi connectivity index (χ3v) is 13.2. The van der Waals surface area contributed by atoms with Gasteiger partial charge in [0.1, 0.15) is 5.78 Å². The molecule has 0 aliphatic heterocycles. The van der Waals surface area contributed by atoms with Crippen molar-refractivity contribution in [3.8, 4) is 0 Å². The van der Waals surface area contributed by atoms with Gasteiger partial charge in [-0.2, -0.15) is 0 Å². The van der Waals surface area contributed by atoms with E-state index in [2.05, 4.69) is 41.2 Å². The predicted molar refractivity (Wildman–Crippen MR) is 134 cm³/mol. The van der Waals surface area contributed by atoms with Gasteiger partial charge in [-0.25, -0.2) is 0 Å². The fourth-order valence-corrected chi connectivity index (χ4v) is 11.4. The van der Waals surface area contributed by atoms with Gasteiger partial charge in [-0.3, -0.25) is 4.79 Å². The third-order valence-electron chi connectivity index (χ3n) is 13.2. The maximum Gasteiger partial charge on any atom is 0.138 e. The van der Waals surface area contributed by atoms with Crippen LogP contribution in [0.1, 0.15) is 106 Å². The normalized spacial score (nSPS) is 53.9. The van der Waals surface area contributed by atoms with Gasteiger partial charge in [-0.05, 0) is 117 Å². The van der Waals surface area contributed by atoms with E-state index >= 15 is 0 Å². The van der Waals surface area contributed by atoms with Crippen molar-refractivity contribution in [2.75, 3.05) is 0 Å². The third kappa shape index (κ3) is 2.79. The number of aliphatic hydroxyl groups excluding tert-OH is 1. The van der Waals surface area contributed by atoms with E-state index in [0.717, 1.165) is 51.4 Å². The van der Waals surface area contributed by atoms with Crippen LogP contribution in [0, 0.1) is 51.2 Å². The van der Waals surface area contributed by atoms with E-state index in [1.54, 1.807) is 0 Å². The molecule has 0 amide bonds. The number of nitrogens with two attached hydrogens (primary N) is 1. The number of ketones is 1. The van der Waals surface area contributed by atoms with E-state index in [4.69, 9.17) is 5.73 Å². The molecule has 33 heavy (non-hydrogen) atoms. The van der Waals surface area contributed by atoms with Crippen LogP contribution in [0.3, 0.4) is 0 Å². The molecule has 0 spiro atoms. The Morgan fingerprint density at radius 3 is 2.33 bits per heavy atom. The lowest BCUT2D eigenvalue weighted by molar-refractivity contribution is -0.212. The van der Waals surface area contributed by atoms with E-state index in [9.17, 15) is 9.90 Å². The number of fused-ring (bicyclic) bond motifs is 7. The number of hydrogen-bond acceptors (Lipinski definition) is 3. The Labute approximate surface area is 202 Å². The van der Waals surface area contributed by atoms with E-state index in [-0.39, 0.29) is 33.3 Å². The average Bonchev–Trinajstić information content (AvgIpc) is 3.13. The first-order valence-electron chi connectivity index (χ1n) is 13.9. The quantitative estimate of drug-likeness (QED) is 0.481. The molecule has 0 saturated heterocycles. The molecular formula is C30H49NO2. The number of aliphatic hydroxyl groups is 1. The van der Waals surface area contributed by atoms with Gasteiger partial charge >= 0.3 is 0 Å². The summed E-state index contributed by atoms with van der Waals surface area (Å²) in [4.78, 5) is 12.9. The zero-order valence-corrected chi connectivity index (χ0v) is 22.2. The minimum Gasteiger partial charge on any atom is -0.393 e. The maximum atomic E-state index is 12.9. The molecule has 5 fully saturated rings. The number of rotatable bonds is 2. The predicted octanol–water partition coefficient (Wildman–Crippen LogP) is 6.29. The van der Waals surface area contributed by atoms with E-state index in [0.29, 0.717) is 35.4 Å². The van der Waals surface area contributed by atoms with Crippen molar-refractivity contribution in [3.05, 3.63) is 12.2 Å². The summed E-state index contributed by atoms with van der Waals surface area (Å²) in [6.07, 6.45) is 10.6. The topological polar surface area (TPSA) is 63.3 Å². The highest BCUT2D eigenvalue weighted by atomic mass is 16.3. The minimum absolute atomic E-state index is 0.0146. The molecule has 0 aromatic heterocycles. The van der Waals surface area contributed by atoms with Crippen LogP contribution in [-0.2, 0) is 4.79 Å². The van der Waals surface area contributed by atoms with Gasteiger partial charge in [-0.15, -0.1) is 0 Å². The summed E-state index contributed by atoms with van der Waals surface area (Å²) in [7, 11) is 0. The number of carbonyl (C=O) groups excluding carboxylic acids is 1. The van der Waals surface area contributed by atoms with Crippen molar-refractivity contribution >= 4 is 5.78 Å². The van der Waals surface area contributed by atoms with Crippen LogP contribution < -0.4 is 5.73 Å². The molecule has 5 aliphatic carbocycles. The monoisotopic (exact) mass is 455 g/mol. The van der Waals surface area contributed by atoms with E-state index in [1.165, 1.54) is 18.4 Å². The van der Waals surface area contributed by atoms with Crippen LogP contribution in [0.15, 0.2) is 12.2 Å². The Balaban J connectivity index is 1.56. The highest BCUT2D eigenvalue weighted by molar-refractivity contribution is 5.85. The number of carbonyl (C=O) groups is 1. The van der Waals surface area contributed by atoms with Gasteiger partial charge in [0.05, 0.1) is 6.10 Å². The fourth-order valence-electron chi connectivity index (χ4n) is 11.4. The molecule has 0 heterocycles. The largest absolute Gasteiger partial charge is 0.393 e. The molecule has 186 valence electrons. The molecule has 0 aromatic carbocycles. The second-order valence-electron chi connectivity index (χ2n) is 14.4. The van der Waals surface area contributed by atoms with Crippen LogP contribution in [0.25, 0.3) is 0 Å². The SMILES string of the molecule is C=C(C)[C@@H]1CC[C@]2(C(C)O)CC[C@]3(N)C(CCC4[C@@]5(C)CCC(=O)C(C)(C)C5CC[C@]43C)C12. The summed E-state index contributed by atoms with van der Waals surface area (Å²) in [5.41, 5.74) is 8.94. The second-order valence-corrected chi connectivity index (χ2v) is 14.4. The van der Waals surface area contributed by atoms with Crippen molar-refractivity contribution in [2.45, 2.75) is 117 Å². The maximum absolute atomic E-state index is 12.9. The average molecular weight is 456 g/mol. The summed E-state index contributed by atoms with van der Waals surface area (Å²) < 4.78 is 0. The first kappa shape index (κ1) is 24.0. The molecule has 3 N–H and O–H groups in total. The van der Waals surface area contributed by atoms with Crippen LogP contribution in [0.2, 0.25) is 0 Å². The van der Waals surface area contributed by atoms with Gasteiger partial charge in [0.15, 0.2) is 0 Å². The van der Waals surface area contributed by atoms with Gasteiger partial charge in [0, 0.05) is 17.4 Å². The van der Waals surface area contributed by atoms with E-state index < -0.39 is 0 Å². The lowest BCUT2D eigenvalue weighted by Gasteiger charge is -2.72. The molecular weight excluding hydrogens is 406 g/mol. The van der Waals surface area contributed by atoms with Gasteiger partial charge in [0.2, 0.25) is 0 Å². The van der Waals surface area contributed by atoms with Crippen molar-refractivity contribution < 1.29 is 9.90 Å². The molecule has 5 aliphatic rings. The fraction of sp³-hybridized carbons (Fsp3) is 0.900. The molecule has 5 rings (SSSR count). The Morgan fingerprint density at radius 2 is 1.70 bits per heavy atom. The summed E-state index contributed by atoms with van der Waals surface area (Å²) in [5.74, 6) is 2.94. The summed E-state index contributed by atoms with van der Waals surface area (Å²) in [5, 5.41) is 11.1. The molecule has 3 nitrogen and oxygen atoms in total. The highest BCUT2D eigenvalue weighted by Crippen LogP contribution is 2.74. The lowest BCUT2D eigenvalue weighted by Crippen LogP contribution is -2.74. The smallest absolute Gasteiger partial charge is 0.138 e. The van der Waals surface area contributed by atoms with Crippen LogP contribution in [-0.4, -0.2) is 22.5 Å². The Kier molecular flexibility index (Phi) is 5.24. The van der Waals surface area contributed by atoms with Gasteiger partial charge < -0.3 is 10.8 Å².